The molecular weight excluding hydrogens is 285 g/mol. The van der Waals surface area contributed by atoms with Crippen LogP contribution in [0.2, 0.25) is 11.5 Å². The number of hydrogen-bond donors (Lipinski definition) is 0. The van der Waals surface area contributed by atoms with Gasteiger partial charge in [0.25, 0.3) is 0 Å². The zero-order valence-electron chi connectivity index (χ0n) is 11.9. The third kappa shape index (κ3) is 3.74. The van der Waals surface area contributed by atoms with Crippen LogP contribution in [0, 0.1) is 5.41 Å². The predicted molar refractivity (Wildman–Crippen MR) is 77.9 cm³/mol. The van der Waals surface area contributed by atoms with Gasteiger partial charge in [0, 0.05) is 0 Å². The molecule has 1 rings (SSSR count). The number of benzene rings is 1. The molecule has 0 aliphatic heterocycles. The summed E-state index contributed by atoms with van der Waals surface area (Å²) >= 11 is -2.78. The molecule has 0 spiro atoms. The Kier molecular flexibility index (Phi) is 4.43. The van der Waals surface area contributed by atoms with Gasteiger partial charge in [-0.3, -0.25) is 0 Å². The molecule has 0 atom stereocenters. The predicted octanol–water partition coefficient (Wildman–Crippen LogP) is 4.19. The molecule has 0 saturated carbocycles. The van der Waals surface area contributed by atoms with Gasteiger partial charge in [0.2, 0.25) is 0 Å². The van der Waals surface area contributed by atoms with E-state index in [1.807, 2.05) is 18.2 Å². The van der Waals surface area contributed by atoms with Crippen LogP contribution < -0.4 is 0 Å². The van der Waals surface area contributed by atoms with Gasteiger partial charge in [-0.2, -0.15) is 0 Å². The molecule has 0 amide bonds. The molecule has 1 aromatic carbocycles. The average molecular weight is 307 g/mol. The van der Waals surface area contributed by atoms with Crippen molar-refractivity contribution in [2.45, 2.75) is 32.3 Å². The van der Waals surface area contributed by atoms with E-state index in [-0.39, 0.29) is 11.4 Å². The standard InChI is InChI=1S/C15H22GeO2/c1-12(15(2,3)4)16(5,6)18-14(17)13-10-8-7-9-11-13/h7-11H,1H2,2-6H3. The van der Waals surface area contributed by atoms with Crippen LogP contribution in [0.5, 0.6) is 0 Å². The van der Waals surface area contributed by atoms with Gasteiger partial charge in [-0.05, 0) is 0 Å². The Labute approximate surface area is 113 Å². The first-order chi connectivity index (χ1) is 8.14. The van der Waals surface area contributed by atoms with Crippen LogP contribution in [-0.2, 0) is 3.76 Å². The molecule has 2 nitrogen and oxygen atoms in total. The quantitative estimate of drug-likeness (QED) is 0.783. The molecule has 18 heavy (non-hydrogen) atoms. The molecule has 0 N–H and O–H groups in total. The van der Waals surface area contributed by atoms with E-state index >= 15 is 0 Å². The van der Waals surface area contributed by atoms with Crippen molar-refractivity contribution < 1.29 is 8.56 Å². The zero-order chi connectivity index (χ0) is 14.0. The van der Waals surface area contributed by atoms with E-state index in [1.54, 1.807) is 12.1 Å². The number of allylic oxidation sites excluding steroid dienone is 1. The Morgan fingerprint density at radius 2 is 1.67 bits per heavy atom. The van der Waals surface area contributed by atoms with Crippen LogP contribution >= 0.6 is 0 Å². The van der Waals surface area contributed by atoms with Gasteiger partial charge in [-0.25, -0.2) is 0 Å². The summed E-state index contributed by atoms with van der Waals surface area (Å²) in [6, 6.07) is 9.13. The first-order valence-electron chi connectivity index (χ1n) is 6.13. The SMILES string of the molecule is C=[C](C(C)(C)C)[Ge]([CH3])([CH3])[O]C(=O)c1ccccc1. The molecule has 0 bridgehead atoms. The van der Waals surface area contributed by atoms with Gasteiger partial charge in [-0.15, -0.1) is 0 Å². The second kappa shape index (κ2) is 5.31. The van der Waals surface area contributed by atoms with Gasteiger partial charge >= 0.3 is 113 Å². The van der Waals surface area contributed by atoms with Crippen molar-refractivity contribution in [2.24, 2.45) is 5.41 Å². The molecule has 0 aromatic heterocycles. The van der Waals surface area contributed by atoms with Crippen molar-refractivity contribution >= 4 is 19.6 Å². The summed E-state index contributed by atoms with van der Waals surface area (Å²) in [5.74, 6) is 3.90. The van der Waals surface area contributed by atoms with E-state index in [0.717, 1.165) is 4.41 Å². The van der Waals surface area contributed by atoms with Gasteiger partial charge in [0.05, 0.1) is 0 Å². The van der Waals surface area contributed by atoms with Crippen molar-refractivity contribution in [3.63, 3.8) is 0 Å². The monoisotopic (exact) mass is 308 g/mol. The minimum absolute atomic E-state index is 0.0134. The summed E-state index contributed by atoms with van der Waals surface area (Å²) in [5.41, 5.74) is 0.596. The van der Waals surface area contributed by atoms with Crippen molar-refractivity contribution in [3.05, 3.63) is 46.9 Å². The van der Waals surface area contributed by atoms with E-state index in [1.165, 1.54) is 0 Å². The van der Waals surface area contributed by atoms with E-state index in [0.29, 0.717) is 5.56 Å². The summed E-state index contributed by atoms with van der Waals surface area (Å²) in [6.07, 6.45) is 0. The van der Waals surface area contributed by atoms with E-state index in [9.17, 15) is 4.79 Å². The Bertz CT molecular complexity index is 441. The van der Waals surface area contributed by atoms with Crippen molar-refractivity contribution in [3.8, 4) is 0 Å². The van der Waals surface area contributed by atoms with Crippen LogP contribution in [0.3, 0.4) is 0 Å². The molecule has 98 valence electrons. The van der Waals surface area contributed by atoms with Gasteiger partial charge in [0.1, 0.15) is 0 Å². The Hall–Kier alpha value is -1.03. The molecule has 0 aliphatic carbocycles. The van der Waals surface area contributed by atoms with E-state index < -0.39 is 13.6 Å². The first-order valence-corrected chi connectivity index (χ1v) is 12.2. The first kappa shape index (κ1) is 15.0. The summed E-state index contributed by atoms with van der Waals surface area (Å²) in [5, 5.41) is 0. The molecule has 0 aliphatic rings. The topological polar surface area (TPSA) is 26.3 Å². The molecule has 0 unspecified atom stereocenters. The van der Waals surface area contributed by atoms with E-state index in [4.69, 9.17) is 3.76 Å². The second-order valence-electron chi connectivity index (χ2n) is 5.99. The van der Waals surface area contributed by atoms with Crippen LogP contribution in [0.25, 0.3) is 0 Å². The van der Waals surface area contributed by atoms with Crippen LogP contribution in [-0.4, -0.2) is 19.6 Å². The maximum absolute atomic E-state index is 12.1. The molecule has 0 fully saturated rings. The number of hydrogen-bond acceptors (Lipinski definition) is 2. The fourth-order valence-corrected chi connectivity index (χ4v) is 7.10. The number of rotatable bonds is 3. The summed E-state index contributed by atoms with van der Waals surface area (Å²) < 4.78 is 6.85. The van der Waals surface area contributed by atoms with Crippen molar-refractivity contribution in [1.82, 2.24) is 0 Å². The Balaban J connectivity index is 2.84. The second-order valence-corrected chi connectivity index (χ2v) is 14.0. The van der Waals surface area contributed by atoms with Crippen molar-refractivity contribution in [2.75, 3.05) is 0 Å². The maximum atomic E-state index is 12.1. The third-order valence-electron chi connectivity index (χ3n) is 2.99. The number of carbonyl (C=O) groups excluding carboxylic acids is 1. The van der Waals surface area contributed by atoms with Gasteiger partial charge in [0.15, 0.2) is 0 Å². The summed E-state index contributed by atoms with van der Waals surface area (Å²) in [6.45, 7) is 10.5. The Morgan fingerprint density at radius 3 is 2.11 bits per heavy atom. The molecule has 1 aromatic rings. The van der Waals surface area contributed by atoms with Gasteiger partial charge < -0.3 is 0 Å². The van der Waals surface area contributed by atoms with E-state index in [2.05, 4.69) is 38.9 Å². The minimum atomic E-state index is -2.78. The van der Waals surface area contributed by atoms with Crippen molar-refractivity contribution in [1.29, 1.82) is 0 Å². The molecule has 0 radical (unpaired) electrons. The summed E-state index contributed by atoms with van der Waals surface area (Å²) in [7, 11) is 0. The van der Waals surface area contributed by atoms with Crippen LogP contribution in [0.4, 0.5) is 0 Å². The fraction of sp³-hybridized carbons (Fsp3) is 0.400. The molecule has 0 saturated heterocycles. The van der Waals surface area contributed by atoms with Crippen LogP contribution in [0.1, 0.15) is 31.1 Å². The Morgan fingerprint density at radius 1 is 1.17 bits per heavy atom. The molecule has 3 heteroatoms. The zero-order valence-corrected chi connectivity index (χ0v) is 14.0. The number of carbonyl (C=O) groups is 1. The van der Waals surface area contributed by atoms with Gasteiger partial charge in [-0.1, -0.05) is 0 Å². The average Bonchev–Trinajstić information content (AvgIpc) is 2.27. The fourth-order valence-electron chi connectivity index (χ4n) is 1.83. The van der Waals surface area contributed by atoms with Crippen LogP contribution in [0.15, 0.2) is 41.3 Å². The molecular formula is C15H22GeO2. The summed E-state index contributed by atoms with van der Waals surface area (Å²) in [4.78, 5) is 12.1. The molecule has 0 heterocycles. The normalized spacial score (nSPS) is 12.1. The third-order valence-corrected chi connectivity index (χ3v) is 9.07.